The maximum absolute atomic E-state index is 12.0. The molecule has 0 unspecified atom stereocenters. The minimum atomic E-state index is -4.81. The Kier molecular flexibility index (Phi) is 4.01. The number of hydrogen-bond donors (Lipinski definition) is 2. The minimum Gasteiger partial charge on any atom is -0.404 e. The highest BCUT2D eigenvalue weighted by atomic mass is 35.5. The molecule has 1 atom stereocenters. The molecule has 1 rings (SSSR count). The number of nitrogens with two attached hydrogens (primary N) is 1. The first kappa shape index (κ1) is 13.1. The number of hydrogen-bond acceptors (Lipinski definition) is 3. The highest BCUT2D eigenvalue weighted by Gasteiger charge is 2.32. The molecule has 3 nitrogen and oxygen atoms in total. The van der Waals surface area contributed by atoms with Crippen LogP contribution in [0.15, 0.2) is 18.2 Å². The van der Waals surface area contributed by atoms with Crippen molar-refractivity contribution < 1.29 is 23.0 Å². The summed E-state index contributed by atoms with van der Waals surface area (Å²) < 4.78 is 39.6. The molecule has 0 bridgehead atoms. The molecule has 0 aliphatic heterocycles. The van der Waals surface area contributed by atoms with Crippen molar-refractivity contribution in [3.05, 3.63) is 28.8 Å². The predicted octanol–water partition coefficient (Wildman–Crippen LogP) is 2.23. The van der Waals surface area contributed by atoms with E-state index in [-0.39, 0.29) is 11.6 Å². The van der Waals surface area contributed by atoms with E-state index in [0.717, 1.165) is 6.07 Å². The zero-order valence-corrected chi connectivity index (χ0v) is 8.72. The van der Waals surface area contributed by atoms with Gasteiger partial charge in [-0.25, -0.2) is 0 Å². The lowest BCUT2D eigenvalue weighted by Crippen LogP contribution is -2.18. The molecule has 0 aliphatic carbocycles. The summed E-state index contributed by atoms with van der Waals surface area (Å²) in [7, 11) is 0. The molecule has 1 aromatic carbocycles. The van der Waals surface area contributed by atoms with Gasteiger partial charge in [0.2, 0.25) is 0 Å². The van der Waals surface area contributed by atoms with Crippen molar-refractivity contribution in [2.75, 3.05) is 6.61 Å². The Hall–Kier alpha value is -0.980. The van der Waals surface area contributed by atoms with Crippen LogP contribution in [0.2, 0.25) is 5.02 Å². The molecule has 3 N–H and O–H groups in total. The average Bonchev–Trinajstić information content (AvgIpc) is 2.18. The number of alkyl halides is 3. The van der Waals surface area contributed by atoms with Gasteiger partial charge < -0.3 is 15.6 Å². The fraction of sp³-hybridized carbons (Fsp3) is 0.333. The lowest BCUT2D eigenvalue weighted by atomic mass is 10.1. The molecular formula is C9H9ClF3NO2. The fourth-order valence-corrected chi connectivity index (χ4v) is 1.22. The van der Waals surface area contributed by atoms with Gasteiger partial charge in [-0.15, -0.1) is 13.2 Å². The predicted molar refractivity (Wildman–Crippen MR) is 52.1 cm³/mol. The quantitative estimate of drug-likeness (QED) is 0.871. The number of ether oxygens (including phenoxy) is 1. The second kappa shape index (κ2) is 4.90. The van der Waals surface area contributed by atoms with E-state index in [2.05, 4.69) is 4.74 Å². The van der Waals surface area contributed by atoms with Crippen LogP contribution in [0.4, 0.5) is 13.2 Å². The van der Waals surface area contributed by atoms with Gasteiger partial charge in [0.1, 0.15) is 5.75 Å². The Labute approximate surface area is 94.6 Å². The molecule has 0 saturated carbocycles. The van der Waals surface area contributed by atoms with E-state index in [9.17, 15) is 13.2 Å². The summed E-state index contributed by atoms with van der Waals surface area (Å²) in [6.45, 7) is -0.382. The maximum atomic E-state index is 12.0. The molecule has 0 spiro atoms. The van der Waals surface area contributed by atoms with E-state index in [4.69, 9.17) is 22.4 Å². The summed E-state index contributed by atoms with van der Waals surface area (Å²) in [6, 6.07) is 2.93. The van der Waals surface area contributed by atoms with E-state index < -0.39 is 18.2 Å². The number of aliphatic hydroxyl groups is 1. The van der Waals surface area contributed by atoms with Gasteiger partial charge in [0.25, 0.3) is 0 Å². The topological polar surface area (TPSA) is 55.5 Å². The second-order valence-corrected chi connectivity index (χ2v) is 3.43. The van der Waals surface area contributed by atoms with Crippen molar-refractivity contribution in [1.29, 1.82) is 0 Å². The summed E-state index contributed by atoms with van der Waals surface area (Å²) in [5.41, 5.74) is 5.76. The highest BCUT2D eigenvalue weighted by Crippen LogP contribution is 2.31. The first-order valence-corrected chi connectivity index (χ1v) is 4.63. The van der Waals surface area contributed by atoms with Crippen molar-refractivity contribution in [3.8, 4) is 5.75 Å². The standard InChI is InChI=1S/C9H9ClF3NO2/c10-6-2-1-5(7(14)4-15)3-8(6)16-9(11,12)13/h1-3,7,15H,4,14H2/t7-/m1/s1. The monoisotopic (exact) mass is 255 g/mol. The number of rotatable bonds is 3. The molecule has 90 valence electrons. The van der Waals surface area contributed by atoms with Crippen LogP contribution in [0.3, 0.4) is 0 Å². The van der Waals surface area contributed by atoms with Crippen molar-refractivity contribution in [3.63, 3.8) is 0 Å². The molecule has 0 heterocycles. The first-order valence-electron chi connectivity index (χ1n) is 4.25. The van der Waals surface area contributed by atoms with Crippen molar-refractivity contribution in [2.45, 2.75) is 12.4 Å². The molecule has 0 amide bonds. The third kappa shape index (κ3) is 3.55. The number of halogens is 4. The molecule has 0 fully saturated rings. The van der Waals surface area contributed by atoms with Gasteiger partial charge in [-0.1, -0.05) is 17.7 Å². The Morgan fingerprint density at radius 3 is 2.56 bits per heavy atom. The summed E-state index contributed by atoms with van der Waals surface area (Å²) in [4.78, 5) is 0. The summed E-state index contributed by atoms with van der Waals surface area (Å²) in [5.74, 6) is -0.532. The number of benzene rings is 1. The SMILES string of the molecule is N[C@H](CO)c1ccc(Cl)c(OC(F)(F)F)c1. The normalized spacial score (nSPS) is 13.6. The van der Waals surface area contributed by atoms with Crippen molar-refractivity contribution in [2.24, 2.45) is 5.73 Å². The Morgan fingerprint density at radius 2 is 2.06 bits per heavy atom. The van der Waals surface area contributed by atoms with Crippen LogP contribution in [0.1, 0.15) is 11.6 Å². The van der Waals surface area contributed by atoms with Crippen LogP contribution in [-0.4, -0.2) is 18.1 Å². The Bertz CT molecular complexity index is 370. The van der Waals surface area contributed by atoms with E-state index in [1.807, 2.05) is 0 Å². The second-order valence-electron chi connectivity index (χ2n) is 3.03. The highest BCUT2D eigenvalue weighted by molar-refractivity contribution is 6.32. The molecular weight excluding hydrogens is 247 g/mol. The lowest BCUT2D eigenvalue weighted by Gasteiger charge is -2.14. The first-order chi connectivity index (χ1) is 7.33. The summed E-state index contributed by atoms with van der Waals surface area (Å²) in [6.07, 6.45) is -4.81. The molecule has 0 saturated heterocycles. The smallest absolute Gasteiger partial charge is 0.404 e. The molecule has 0 aliphatic rings. The Balaban J connectivity index is 2.99. The van der Waals surface area contributed by atoms with Crippen LogP contribution in [0.5, 0.6) is 5.75 Å². The fourth-order valence-electron chi connectivity index (χ4n) is 1.06. The zero-order chi connectivity index (χ0) is 12.3. The van der Waals surface area contributed by atoms with Crippen LogP contribution in [0.25, 0.3) is 0 Å². The molecule has 7 heteroatoms. The van der Waals surface area contributed by atoms with Crippen LogP contribution in [0, 0.1) is 0 Å². The summed E-state index contributed by atoms with van der Waals surface area (Å²) in [5, 5.41) is 8.59. The summed E-state index contributed by atoms with van der Waals surface area (Å²) >= 11 is 5.52. The minimum absolute atomic E-state index is 0.175. The molecule has 0 radical (unpaired) electrons. The molecule has 0 aromatic heterocycles. The van der Waals surface area contributed by atoms with E-state index in [0.29, 0.717) is 5.56 Å². The number of aliphatic hydroxyl groups excluding tert-OH is 1. The molecule has 1 aromatic rings. The van der Waals surface area contributed by atoms with E-state index in [1.54, 1.807) is 0 Å². The van der Waals surface area contributed by atoms with Crippen LogP contribution >= 0.6 is 11.6 Å². The van der Waals surface area contributed by atoms with Crippen LogP contribution < -0.4 is 10.5 Å². The van der Waals surface area contributed by atoms with Gasteiger partial charge in [0.15, 0.2) is 0 Å². The van der Waals surface area contributed by atoms with E-state index in [1.165, 1.54) is 12.1 Å². The van der Waals surface area contributed by atoms with Gasteiger partial charge in [-0.2, -0.15) is 0 Å². The zero-order valence-electron chi connectivity index (χ0n) is 7.96. The van der Waals surface area contributed by atoms with Gasteiger partial charge in [0, 0.05) is 0 Å². The van der Waals surface area contributed by atoms with Gasteiger partial charge in [0.05, 0.1) is 17.7 Å². The van der Waals surface area contributed by atoms with Gasteiger partial charge in [-0.05, 0) is 17.7 Å². The maximum Gasteiger partial charge on any atom is 0.573 e. The van der Waals surface area contributed by atoms with Crippen LogP contribution in [-0.2, 0) is 0 Å². The Morgan fingerprint density at radius 1 is 1.44 bits per heavy atom. The van der Waals surface area contributed by atoms with E-state index >= 15 is 0 Å². The molecule has 16 heavy (non-hydrogen) atoms. The van der Waals surface area contributed by atoms with Crippen molar-refractivity contribution >= 4 is 11.6 Å². The third-order valence-electron chi connectivity index (χ3n) is 1.81. The average molecular weight is 256 g/mol. The lowest BCUT2D eigenvalue weighted by molar-refractivity contribution is -0.274. The largest absolute Gasteiger partial charge is 0.573 e. The third-order valence-corrected chi connectivity index (χ3v) is 2.12. The van der Waals surface area contributed by atoms with Crippen molar-refractivity contribution in [1.82, 2.24) is 0 Å². The van der Waals surface area contributed by atoms with Gasteiger partial charge >= 0.3 is 6.36 Å². The van der Waals surface area contributed by atoms with Gasteiger partial charge in [-0.3, -0.25) is 0 Å².